The van der Waals surface area contributed by atoms with Crippen LogP contribution in [0.4, 0.5) is 0 Å². The number of hydrogen-bond acceptors (Lipinski definition) is 4. The predicted octanol–water partition coefficient (Wildman–Crippen LogP) is 3.01. The highest BCUT2D eigenvalue weighted by molar-refractivity contribution is 5.76. The molecule has 1 aromatic carbocycles. The van der Waals surface area contributed by atoms with Crippen LogP contribution < -0.4 is 15.6 Å². The van der Waals surface area contributed by atoms with Gasteiger partial charge in [0.1, 0.15) is 11.3 Å². The predicted molar refractivity (Wildman–Crippen MR) is 111 cm³/mol. The molecule has 0 atom stereocenters. The van der Waals surface area contributed by atoms with Gasteiger partial charge in [0.25, 0.3) is 5.56 Å². The van der Waals surface area contributed by atoms with Crippen molar-refractivity contribution in [1.82, 2.24) is 19.5 Å². The maximum Gasteiger partial charge on any atom is 0.276 e. The number of carbonyl (C=O) groups excluding carboxylic acids is 1. The van der Waals surface area contributed by atoms with Crippen LogP contribution in [0.3, 0.4) is 0 Å². The molecule has 2 heterocycles. The van der Waals surface area contributed by atoms with E-state index in [1.54, 1.807) is 27.5 Å². The number of benzene rings is 1. The number of unbranched alkanes of at least 4 members (excludes halogenated alkanes) is 1. The zero-order valence-corrected chi connectivity index (χ0v) is 16.6. The lowest BCUT2D eigenvalue weighted by molar-refractivity contribution is -0.121. The molecular formula is C22H26N4O3. The third kappa shape index (κ3) is 4.50. The minimum Gasteiger partial charge on any atom is -0.493 e. The van der Waals surface area contributed by atoms with E-state index in [0.29, 0.717) is 36.8 Å². The molecule has 1 amide bonds. The summed E-state index contributed by atoms with van der Waals surface area (Å²) in [5.74, 6) is 0.757. The number of nitrogens with one attached hydrogen (secondary N) is 1. The molecule has 1 aliphatic carbocycles. The summed E-state index contributed by atoms with van der Waals surface area (Å²) < 4.78 is 9.06. The molecule has 152 valence electrons. The number of ether oxygens (including phenoxy) is 1. The molecule has 7 nitrogen and oxygen atoms in total. The first-order chi connectivity index (χ1) is 14.2. The van der Waals surface area contributed by atoms with Gasteiger partial charge in [-0.15, -0.1) is 0 Å². The topological polar surface area (TPSA) is 77.6 Å². The lowest BCUT2D eigenvalue weighted by Gasteiger charge is -2.09. The molecule has 3 aromatic rings. The summed E-state index contributed by atoms with van der Waals surface area (Å²) in [5, 5.41) is 7.51. The Morgan fingerprint density at radius 1 is 1.28 bits per heavy atom. The molecule has 29 heavy (non-hydrogen) atoms. The Morgan fingerprint density at radius 3 is 2.90 bits per heavy atom. The highest BCUT2D eigenvalue weighted by Gasteiger charge is 2.23. The molecule has 7 heteroatoms. The molecule has 4 rings (SSSR count). The number of nitrogens with zero attached hydrogens (tertiary/aromatic N) is 3. The number of carbonyl (C=O) groups is 1. The van der Waals surface area contributed by atoms with Crippen LogP contribution in [0.2, 0.25) is 0 Å². The quantitative estimate of drug-likeness (QED) is 0.566. The molecule has 2 aromatic heterocycles. The number of aryl methyl sites for hydroxylation is 1. The Morgan fingerprint density at radius 2 is 2.10 bits per heavy atom. The van der Waals surface area contributed by atoms with E-state index in [4.69, 9.17) is 4.74 Å². The van der Waals surface area contributed by atoms with Gasteiger partial charge in [-0.25, -0.2) is 4.52 Å². The van der Waals surface area contributed by atoms with Gasteiger partial charge in [-0.2, -0.15) is 5.10 Å². The minimum atomic E-state index is -0.158. The normalized spacial score (nSPS) is 13.6. The second kappa shape index (κ2) is 8.51. The summed E-state index contributed by atoms with van der Waals surface area (Å²) in [6.45, 7) is 3.12. The summed E-state index contributed by atoms with van der Waals surface area (Å²) in [6.07, 6.45) is 7.88. The van der Waals surface area contributed by atoms with Gasteiger partial charge in [-0.1, -0.05) is 25.5 Å². The Kier molecular flexibility index (Phi) is 5.64. The summed E-state index contributed by atoms with van der Waals surface area (Å²) in [5.41, 5.74) is 1.88. The van der Waals surface area contributed by atoms with Gasteiger partial charge in [-0.3, -0.25) is 9.59 Å². The third-order valence-corrected chi connectivity index (χ3v) is 5.04. The summed E-state index contributed by atoms with van der Waals surface area (Å²) in [7, 11) is 0. The monoisotopic (exact) mass is 394 g/mol. The van der Waals surface area contributed by atoms with Crippen molar-refractivity contribution in [2.24, 2.45) is 0 Å². The highest BCUT2D eigenvalue weighted by atomic mass is 16.5. The fourth-order valence-corrected chi connectivity index (χ4v) is 3.21. The number of hydrogen-bond donors (Lipinski definition) is 1. The SMILES string of the molecule is CCCCOc1ccccc1-c1cc2c(=O)n(CCC(=O)NC3CC3)ccn2n1. The van der Waals surface area contributed by atoms with E-state index in [-0.39, 0.29) is 11.5 Å². The number of aromatic nitrogens is 3. The average molecular weight is 394 g/mol. The molecule has 1 saturated carbocycles. The van der Waals surface area contributed by atoms with E-state index in [1.165, 1.54) is 0 Å². The van der Waals surface area contributed by atoms with E-state index in [9.17, 15) is 9.59 Å². The van der Waals surface area contributed by atoms with Crippen molar-refractivity contribution in [3.8, 4) is 17.0 Å². The first-order valence-corrected chi connectivity index (χ1v) is 10.3. The largest absolute Gasteiger partial charge is 0.493 e. The van der Waals surface area contributed by atoms with Gasteiger partial charge in [0.2, 0.25) is 5.91 Å². The Hall–Kier alpha value is -3.09. The van der Waals surface area contributed by atoms with Gasteiger partial charge in [0.05, 0.1) is 12.3 Å². The standard InChI is InChI=1S/C22H26N4O3/c1-2-3-14-29-20-7-5-4-6-17(20)18-15-19-22(28)25(12-13-26(19)24-18)11-10-21(27)23-16-8-9-16/h4-7,12-13,15-16H,2-3,8-11,14H2,1H3,(H,23,27). The van der Waals surface area contributed by atoms with Crippen LogP contribution in [-0.4, -0.2) is 32.7 Å². The maximum atomic E-state index is 12.9. The molecule has 1 fully saturated rings. The van der Waals surface area contributed by atoms with Crippen LogP contribution in [0.15, 0.2) is 47.5 Å². The molecule has 0 spiro atoms. The lowest BCUT2D eigenvalue weighted by atomic mass is 10.1. The fraction of sp³-hybridized carbons (Fsp3) is 0.409. The fourth-order valence-electron chi connectivity index (χ4n) is 3.21. The van der Waals surface area contributed by atoms with Crippen LogP contribution in [0.5, 0.6) is 5.75 Å². The Balaban J connectivity index is 1.56. The van der Waals surface area contributed by atoms with E-state index in [1.807, 2.05) is 24.3 Å². The van der Waals surface area contributed by atoms with Gasteiger partial charge >= 0.3 is 0 Å². The smallest absolute Gasteiger partial charge is 0.276 e. The zero-order valence-electron chi connectivity index (χ0n) is 16.6. The van der Waals surface area contributed by atoms with Gasteiger partial charge in [-0.05, 0) is 37.5 Å². The van der Waals surface area contributed by atoms with Crippen molar-refractivity contribution in [3.05, 3.63) is 53.1 Å². The molecule has 0 radical (unpaired) electrons. The number of rotatable bonds is 9. The molecule has 1 N–H and O–H groups in total. The van der Waals surface area contributed by atoms with E-state index >= 15 is 0 Å². The van der Waals surface area contributed by atoms with Crippen molar-refractivity contribution in [2.75, 3.05) is 6.61 Å². The maximum absolute atomic E-state index is 12.9. The van der Waals surface area contributed by atoms with E-state index in [0.717, 1.165) is 37.0 Å². The second-order valence-corrected chi connectivity index (χ2v) is 7.45. The number of amides is 1. The minimum absolute atomic E-state index is 0.00775. The molecule has 0 saturated heterocycles. The van der Waals surface area contributed by atoms with Crippen LogP contribution >= 0.6 is 0 Å². The average Bonchev–Trinajstić information content (AvgIpc) is 3.42. The zero-order chi connectivity index (χ0) is 20.2. The molecule has 0 aliphatic heterocycles. The van der Waals surface area contributed by atoms with Crippen molar-refractivity contribution in [3.63, 3.8) is 0 Å². The number of fused-ring (bicyclic) bond motifs is 1. The van der Waals surface area contributed by atoms with Crippen molar-refractivity contribution >= 4 is 11.4 Å². The molecule has 0 bridgehead atoms. The second-order valence-electron chi connectivity index (χ2n) is 7.45. The molecule has 0 unspecified atom stereocenters. The molecule has 1 aliphatic rings. The van der Waals surface area contributed by atoms with E-state index < -0.39 is 0 Å². The van der Waals surface area contributed by atoms with Crippen molar-refractivity contribution in [2.45, 2.75) is 51.6 Å². The molecular weight excluding hydrogens is 368 g/mol. The van der Waals surface area contributed by atoms with Crippen LogP contribution in [0.25, 0.3) is 16.8 Å². The summed E-state index contributed by atoms with van der Waals surface area (Å²) in [4.78, 5) is 24.8. The van der Waals surface area contributed by atoms with Crippen LogP contribution in [-0.2, 0) is 11.3 Å². The first kappa shape index (κ1) is 19.2. The Bertz CT molecular complexity index is 1070. The van der Waals surface area contributed by atoms with Crippen molar-refractivity contribution in [1.29, 1.82) is 0 Å². The van der Waals surface area contributed by atoms with E-state index in [2.05, 4.69) is 17.3 Å². The summed E-state index contributed by atoms with van der Waals surface area (Å²) >= 11 is 0. The number of para-hydroxylation sites is 1. The van der Waals surface area contributed by atoms with Gasteiger partial charge < -0.3 is 14.6 Å². The van der Waals surface area contributed by atoms with Crippen molar-refractivity contribution < 1.29 is 9.53 Å². The Labute approximate surface area is 169 Å². The lowest BCUT2D eigenvalue weighted by Crippen LogP contribution is -2.29. The van der Waals surface area contributed by atoms with Crippen LogP contribution in [0, 0.1) is 0 Å². The highest BCUT2D eigenvalue weighted by Crippen LogP contribution is 2.29. The summed E-state index contributed by atoms with van der Waals surface area (Å²) in [6, 6.07) is 9.85. The van der Waals surface area contributed by atoms with Crippen LogP contribution in [0.1, 0.15) is 39.0 Å². The first-order valence-electron chi connectivity index (χ1n) is 10.3. The van der Waals surface area contributed by atoms with Gasteiger partial charge in [0, 0.05) is 37.0 Å². The third-order valence-electron chi connectivity index (χ3n) is 5.04. The van der Waals surface area contributed by atoms with Gasteiger partial charge in [0.15, 0.2) is 0 Å².